The molecular weight excluding hydrogens is 805 g/mol. The van der Waals surface area contributed by atoms with Crippen LogP contribution in [0.5, 0.6) is 0 Å². The van der Waals surface area contributed by atoms with Crippen molar-refractivity contribution in [3.8, 4) is 0 Å². The summed E-state index contributed by atoms with van der Waals surface area (Å²) in [7, 11) is 8.11. The number of carbonyl (C=O) groups excluding carboxylic acids is 1. The van der Waals surface area contributed by atoms with Gasteiger partial charge in [-0.25, -0.2) is 4.79 Å². The Kier molecular flexibility index (Phi) is 10.3. The molecule has 2 aromatic heterocycles. The molecule has 4 heterocycles. The summed E-state index contributed by atoms with van der Waals surface area (Å²) in [5.41, 5.74) is 7.92. The van der Waals surface area contributed by atoms with Gasteiger partial charge in [0.25, 0.3) is 0 Å². The van der Waals surface area contributed by atoms with E-state index in [2.05, 4.69) is 29.6 Å². The fraction of sp³-hybridized carbons (Fsp3) is 0.293. The van der Waals surface area contributed by atoms with Gasteiger partial charge in [0.05, 0.1) is 44.3 Å². The minimum atomic E-state index is -0.403. The zero-order valence-corrected chi connectivity index (χ0v) is 34.6. The van der Waals surface area contributed by atoms with Crippen LogP contribution in [0.4, 0.5) is 4.79 Å². The molecule has 0 fully saturated rings. The summed E-state index contributed by atoms with van der Waals surface area (Å²) in [6.07, 6.45) is 1.06. The quantitative estimate of drug-likeness (QED) is 0.176. The Balaban J connectivity index is 1.37. The van der Waals surface area contributed by atoms with E-state index in [9.17, 15) is 0 Å². The number of H-pyrrole nitrogens is 2. The van der Waals surface area contributed by atoms with Gasteiger partial charge in [-0.1, -0.05) is 81.7 Å². The second kappa shape index (κ2) is 14.8. The van der Waals surface area contributed by atoms with Crippen LogP contribution in [0.2, 0.25) is 30.1 Å². The van der Waals surface area contributed by atoms with Crippen LogP contribution in [-0.2, 0) is 12.8 Å². The molecule has 0 saturated carbocycles. The van der Waals surface area contributed by atoms with E-state index in [-0.39, 0.29) is 18.1 Å². The van der Waals surface area contributed by atoms with E-state index in [0.717, 1.165) is 55.4 Å². The number of benzene rings is 4. The van der Waals surface area contributed by atoms with Gasteiger partial charge in [-0.3, -0.25) is 0 Å². The fourth-order valence-corrected chi connectivity index (χ4v) is 9.46. The first kappa shape index (κ1) is 37.8. The lowest BCUT2D eigenvalue weighted by atomic mass is 9.85. The molecule has 54 heavy (non-hydrogen) atoms. The van der Waals surface area contributed by atoms with Gasteiger partial charge >= 0.3 is 6.03 Å². The predicted molar refractivity (Wildman–Crippen MR) is 224 cm³/mol. The van der Waals surface area contributed by atoms with Crippen molar-refractivity contribution in [3.63, 3.8) is 0 Å². The molecule has 0 radical (unpaired) electrons. The molecule has 0 spiro atoms. The number of nitrogens with one attached hydrogen (secondary N) is 2. The SMILES string of the molecule is CN(C)CC1c2[nH]c3ccc(Cl)cc3c2CC(c2ccc(Cl)c(Cl)c2)N1C(=O)N1C(c2ccc(Cl)c(Cl)c2)Cc2c([nH]c3ccc(Cl)cc23)C1CN(C)C. The molecule has 7 nitrogen and oxygen atoms in total. The van der Waals surface area contributed by atoms with Crippen molar-refractivity contribution in [3.05, 3.63) is 137 Å². The standard InChI is InChI=1S/C41H38Cl6N6O/c1-50(2)19-37-39-27(25-15-23(42)7-11-33(25)48-39)17-35(21-5-9-29(44)31(46)13-21)52(37)41(54)53-36(22-6-10-30(45)32(47)14-22)18-28-26-16-24(43)8-12-34(26)49-40(28)38(53)20-51(3)4/h5-16,35-38,48-49H,17-20H2,1-4H3. The summed E-state index contributed by atoms with van der Waals surface area (Å²) in [4.78, 5) is 32.0. The number of carbonyl (C=O) groups is 1. The van der Waals surface area contributed by atoms with Crippen molar-refractivity contribution in [2.45, 2.75) is 37.0 Å². The molecule has 6 aromatic rings. The highest BCUT2D eigenvalue weighted by atomic mass is 35.5. The lowest BCUT2D eigenvalue weighted by Gasteiger charge is -2.50. The maximum atomic E-state index is 16.2. The van der Waals surface area contributed by atoms with Crippen molar-refractivity contribution in [1.82, 2.24) is 29.6 Å². The maximum Gasteiger partial charge on any atom is 0.322 e. The second-order valence-corrected chi connectivity index (χ2v) is 17.4. The zero-order chi connectivity index (χ0) is 38.2. The number of aromatic amines is 2. The highest BCUT2D eigenvalue weighted by molar-refractivity contribution is 6.42. The lowest BCUT2D eigenvalue weighted by Crippen LogP contribution is -2.55. The van der Waals surface area contributed by atoms with Gasteiger partial charge in [0.2, 0.25) is 0 Å². The number of hydrogen-bond acceptors (Lipinski definition) is 3. The fourth-order valence-electron chi connectivity index (χ4n) is 8.50. The topological polar surface area (TPSA) is 61.6 Å². The van der Waals surface area contributed by atoms with E-state index in [0.29, 0.717) is 56.1 Å². The molecule has 8 rings (SSSR count). The highest BCUT2D eigenvalue weighted by Gasteiger charge is 2.48. The summed E-state index contributed by atoms with van der Waals surface area (Å²) in [5, 5.41) is 5.14. The average Bonchev–Trinajstić information content (AvgIpc) is 3.67. The number of likely N-dealkylation sites (N-methyl/N-ethyl adjacent to an activating group) is 2. The number of hydrogen-bond donors (Lipinski definition) is 2. The van der Waals surface area contributed by atoms with Gasteiger partial charge in [0.1, 0.15) is 0 Å². The first-order valence-corrected chi connectivity index (χ1v) is 20.0. The van der Waals surface area contributed by atoms with Crippen molar-refractivity contribution in [2.75, 3.05) is 41.3 Å². The van der Waals surface area contributed by atoms with Gasteiger partial charge in [-0.05, 0) is 124 Å². The van der Waals surface area contributed by atoms with Gasteiger partial charge in [0.15, 0.2) is 0 Å². The smallest absolute Gasteiger partial charge is 0.322 e. The third kappa shape index (κ3) is 6.75. The largest absolute Gasteiger partial charge is 0.356 e. The number of halogens is 6. The molecule has 4 unspecified atom stereocenters. The lowest BCUT2D eigenvalue weighted by molar-refractivity contribution is 0.0476. The van der Waals surface area contributed by atoms with E-state index < -0.39 is 12.1 Å². The Hall–Kier alpha value is -3.11. The number of amides is 2. The van der Waals surface area contributed by atoms with Crippen LogP contribution in [0, 0.1) is 0 Å². The van der Waals surface area contributed by atoms with Gasteiger partial charge in [-0.15, -0.1) is 0 Å². The molecule has 2 aliphatic heterocycles. The highest BCUT2D eigenvalue weighted by Crippen LogP contribution is 2.50. The molecule has 2 aliphatic rings. The van der Waals surface area contributed by atoms with E-state index >= 15 is 4.79 Å². The third-order valence-corrected chi connectivity index (χ3v) is 12.7. The zero-order valence-electron chi connectivity index (χ0n) is 30.0. The number of aromatic nitrogens is 2. The molecule has 0 aliphatic carbocycles. The summed E-state index contributed by atoms with van der Waals surface area (Å²) < 4.78 is 0. The molecule has 0 bridgehead atoms. The van der Waals surface area contributed by atoms with E-state index in [1.54, 1.807) is 12.1 Å². The van der Waals surface area contributed by atoms with E-state index in [1.807, 2.05) is 88.9 Å². The monoisotopic (exact) mass is 840 g/mol. The minimum Gasteiger partial charge on any atom is -0.356 e. The molecule has 0 saturated heterocycles. The van der Waals surface area contributed by atoms with Crippen LogP contribution >= 0.6 is 69.6 Å². The maximum absolute atomic E-state index is 16.2. The Morgan fingerprint density at radius 2 is 1.00 bits per heavy atom. The second-order valence-electron chi connectivity index (χ2n) is 14.9. The van der Waals surface area contributed by atoms with Gasteiger partial charge in [-0.2, -0.15) is 0 Å². The molecule has 4 atom stereocenters. The first-order chi connectivity index (χ1) is 25.8. The van der Waals surface area contributed by atoms with Crippen LogP contribution in [0.15, 0.2) is 72.8 Å². The summed E-state index contributed by atoms with van der Waals surface area (Å²) in [5.74, 6) is 0. The van der Waals surface area contributed by atoms with Crippen molar-refractivity contribution in [1.29, 1.82) is 0 Å². The number of fused-ring (bicyclic) bond motifs is 6. The number of urea groups is 1. The molecule has 280 valence electrons. The Morgan fingerprint density at radius 3 is 1.37 bits per heavy atom. The van der Waals surface area contributed by atoms with Gasteiger partial charge < -0.3 is 29.6 Å². The first-order valence-electron chi connectivity index (χ1n) is 17.7. The van der Waals surface area contributed by atoms with Crippen LogP contribution in [0.3, 0.4) is 0 Å². The molecule has 2 amide bonds. The Labute approximate surface area is 344 Å². The molecule has 13 heteroatoms. The van der Waals surface area contributed by atoms with Crippen LogP contribution in [0.25, 0.3) is 21.8 Å². The third-order valence-electron chi connectivity index (χ3n) is 10.8. The van der Waals surface area contributed by atoms with Crippen molar-refractivity contribution in [2.24, 2.45) is 0 Å². The van der Waals surface area contributed by atoms with Crippen LogP contribution in [-0.4, -0.2) is 76.9 Å². The molecular formula is C41H38Cl6N6O. The van der Waals surface area contributed by atoms with E-state index in [1.165, 1.54) is 0 Å². The molecule has 4 aromatic carbocycles. The van der Waals surface area contributed by atoms with Crippen molar-refractivity contribution < 1.29 is 4.79 Å². The number of nitrogens with zero attached hydrogens (tertiary/aromatic N) is 4. The van der Waals surface area contributed by atoms with Gasteiger partial charge in [0, 0.05) is 56.3 Å². The number of rotatable bonds is 6. The predicted octanol–water partition coefficient (Wildman–Crippen LogP) is 11.8. The Bertz CT molecular complexity index is 2260. The average molecular weight is 844 g/mol. The van der Waals surface area contributed by atoms with Crippen LogP contribution < -0.4 is 0 Å². The van der Waals surface area contributed by atoms with Crippen LogP contribution in [0.1, 0.15) is 57.8 Å². The normalized spacial score (nSPS) is 20.0. The van der Waals surface area contributed by atoms with E-state index in [4.69, 9.17) is 69.6 Å². The van der Waals surface area contributed by atoms with Crippen molar-refractivity contribution >= 4 is 97.4 Å². The minimum absolute atomic E-state index is 0.120. The Morgan fingerprint density at radius 1 is 0.593 bits per heavy atom. The summed E-state index contributed by atoms with van der Waals surface area (Å²) in [6, 6.07) is 21.5. The summed E-state index contributed by atoms with van der Waals surface area (Å²) >= 11 is 39.6. The summed E-state index contributed by atoms with van der Waals surface area (Å²) in [6.45, 7) is 1.10. The molecule has 2 N–H and O–H groups in total.